The molecule has 0 amide bonds. The zero-order chi connectivity index (χ0) is 11.1. The summed E-state index contributed by atoms with van der Waals surface area (Å²) >= 11 is 0. The summed E-state index contributed by atoms with van der Waals surface area (Å²) < 4.78 is 0. The van der Waals surface area contributed by atoms with Gasteiger partial charge in [0.05, 0.1) is 5.69 Å². The van der Waals surface area contributed by atoms with Crippen molar-refractivity contribution in [3.8, 4) is 0 Å². The summed E-state index contributed by atoms with van der Waals surface area (Å²) in [6.45, 7) is 1.16. The number of hydrogen-bond acceptors (Lipinski definition) is 3. The van der Waals surface area contributed by atoms with Gasteiger partial charge >= 0.3 is 0 Å². The second-order valence-corrected chi connectivity index (χ2v) is 4.42. The van der Waals surface area contributed by atoms with E-state index in [1.807, 2.05) is 29.3 Å². The average Bonchev–Trinajstić information content (AvgIpc) is 3.00. The maximum atomic E-state index is 11.0. The highest BCUT2D eigenvalue weighted by Gasteiger charge is 2.37. The van der Waals surface area contributed by atoms with E-state index in [0.717, 1.165) is 17.8 Å². The Bertz CT molecular complexity index is 431. The number of benzene rings is 1. The van der Waals surface area contributed by atoms with E-state index in [4.69, 9.17) is 0 Å². The summed E-state index contributed by atoms with van der Waals surface area (Å²) in [5.41, 5.74) is 2.03. The van der Waals surface area contributed by atoms with E-state index < -0.39 is 0 Å². The molecular weight excluding hydrogens is 206 g/mol. The Balaban J connectivity index is 1.91. The summed E-state index contributed by atoms with van der Waals surface area (Å²) in [6, 6.07) is 7.78. The van der Waals surface area contributed by atoms with Crippen LogP contribution in [0.3, 0.4) is 0 Å². The molecule has 0 radical (unpaired) electrons. The Morgan fingerprint density at radius 2 is 2.12 bits per heavy atom. The summed E-state index contributed by atoms with van der Waals surface area (Å²) in [4.78, 5) is 11.0. The molecule has 0 spiro atoms. The molecule has 0 aromatic heterocycles. The number of hydrazine groups is 2. The second kappa shape index (κ2) is 3.37. The van der Waals surface area contributed by atoms with E-state index in [0.29, 0.717) is 12.5 Å². The van der Waals surface area contributed by atoms with Crippen LogP contribution in [0, 0.1) is 16.0 Å². The number of hydrogen-bond donors (Lipinski definition) is 0. The largest absolute Gasteiger partial charge is 0.233 e. The van der Waals surface area contributed by atoms with Gasteiger partial charge in [-0.3, -0.25) is 0 Å². The van der Waals surface area contributed by atoms with E-state index in [1.54, 1.807) is 0 Å². The molecule has 0 bridgehead atoms. The lowest BCUT2D eigenvalue weighted by Crippen LogP contribution is -2.42. The SMILES string of the molecule is O=[N+]([O-])N1Cc2ccccc2N1CC1CC1. The maximum absolute atomic E-state index is 11.0. The minimum atomic E-state index is -0.317. The van der Waals surface area contributed by atoms with Crippen molar-refractivity contribution < 1.29 is 5.03 Å². The lowest BCUT2D eigenvalue weighted by atomic mass is 10.2. The standard InChI is InChI=1S/C11H13N3O2/c15-14(16)13-8-10-3-1-2-4-11(10)12(13)7-9-5-6-9/h1-4,9H,5-8H2. The van der Waals surface area contributed by atoms with Crippen molar-refractivity contribution in [1.82, 2.24) is 5.12 Å². The van der Waals surface area contributed by atoms with E-state index in [2.05, 4.69) is 0 Å². The lowest BCUT2D eigenvalue weighted by Gasteiger charge is -2.22. The molecule has 5 nitrogen and oxygen atoms in total. The summed E-state index contributed by atoms with van der Waals surface area (Å²) in [6.07, 6.45) is 2.40. The van der Waals surface area contributed by atoms with Crippen molar-refractivity contribution >= 4 is 5.69 Å². The zero-order valence-corrected chi connectivity index (χ0v) is 8.87. The van der Waals surface area contributed by atoms with Crippen LogP contribution in [0.25, 0.3) is 0 Å². The van der Waals surface area contributed by atoms with Crippen molar-refractivity contribution in [2.75, 3.05) is 11.6 Å². The van der Waals surface area contributed by atoms with Crippen LogP contribution in [0.15, 0.2) is 24.3 Å². The first-order valence-electron chi connectivity index (χ1n) is 5.53. The molecule has 3 rings (SSSR count). The number of nitro groups is 1. The van der Waals surface area contributed by atoms with Crippen LogP contribution in [0.5, 0.6) is 0 Å². The van der Waals surface area contributed by atoms with E-state index in [1.165, 1.54) is 18.0 Å². The Morgan fingerprint density at radius 3 is 2.81 bits per heavy atom. The fourth-order valence-electron chi connectivity index (χ4n) is 2.14. The van der Waals surface area contributed by atoms with Crippen LogP contribution in [-0.2, 0) is 6.54 Å². The zero-order valence-electron chi connectivity index (χ0n) is 8.87. The van der Waals surface area contributed by atoms with Gasteiger partial charge in [0.15, 0.2) is 5.03 Å². The molecule has 1 aliphatic carbocycles. The van der Waals surface area contributed by atoms with Crippen molar-refractivity contribution in [2.45, 2.75) is 19.4 Å². The molecule has 1 heterocycles. The maximum Gasteiger partial charge on any atom is 0.181 e. The van der Waals surface area contributed by atoms with Crippen LogP contribution in [0.1, 0.15) is 18.4 Å². The fraction of sp³-hybridized carbons (Fsp3) is 0.455. The van der Waals surface area contributed by atoms with Gasteiger partial charge in [-0.1, -0.05) is 18.2 Å². The first kappa shape index (κ1) is 9.45. The molecule has 2 aliphatic rings. The van der Waals surface area contributed by atoms with E-state index in [9.17, 15) is 10.1 Å². The van der Waals surface area contributed by atoms with Crippen molar-refractivity contribution in [2.24, 2.45) is 5.92 Å². The molecule has 5 heteroatoms. The highest BCUT2D eigenvalue weighted by atomic mass is 16.7. The Hall–Kier alpha value is -1.78. The van der Waals surface area contributed by atoms with Crippen LogP contribution < -0.4 is 5.01 Å². The summed E-state index contributed by atoms with van der Waals surface area (Å²) in [5.74, 6) is 0.633. The van der Waals surface area contributed by atoms with Gasteiger partial charge in [-0.2, -0.15) is 0 Å². The Labute approximate surface area is 93.4 Å². The monoisotopic (exact) mass is 219 g/mol. The molecule has 1 aromatic rings. The van der Waals surface area contributed by atoms with Crippen LogP contribution >= 0.6 is 0 Å². The van der Waals surface area contributed by atoms with Crippen LogP contribution in [-0.4, -0.2) is 16.7 Å². The molecule has 1 saturated carbocycles. The van der Waals surface area contributed by atoms with Gasteiger partial charge in [-0.15, -0.1) is 0 Å². The predicted octanol–water partition coefficient (Wildman–Crippen LogP) is 1.83. The highest BCUT2D eigenvalue weighted by molar-refractivity contribution is 5.55. The number of para-hydroxylation sites is 1. The summed E-state index contributed by atoms with van der Waals surface area (Å²) in [7, 11) is 0. The first-order chi connectivity index (χ1) is 7.75. The molecule has 0 unspecified atom stereocenters. The fourth-order valence-corrected chi connectivity index (χ4v) is 2.14. The van der Waals surface area contributed by atoms with E-state index in [-0.39, 0.29) is 5.03 Å². The molecule has 16 heavy (non-hydrogen) atoms. The second-order valence-electron chi connectivity index (χ2n) is 4.42. The smallest absolute Gasteiger partial charge is 0.181 e. The molecule has 0 atom stereocenters. The first-order valence-corrected chi connectivity index (χ1v) is 5.53. The number of fused-ring (bicyclic) bond motifs is 1. The van der Waals surface area contributed by atoms with Gasteiger partial charge in [0.2, 0.25) is 0 Å². The van der Waals surface area contributed by atoms with Crippen molar-refractivity contribution in [3.63, 3.8) is 0 Å². The van der Waals surface area contributed by atoms with Crippen LogP contribution in [0.4, 0.5) is 5.69 Å². The predicted molar refractivity (Wildman–Crippen MR) is 59.0 cm³/mol. The molecule has 1 aliphatic heterocycles. The van der Waals surface area contributed by atoms with Gasteiger partial charge in [0.25, 0.3) is 0 Å². The van der Waals surface area contributed by atoms with Gasteiger partial charge in [0, 0.05) is 12.1 Å². The Morgan fingerprint density at radius 1 is 1.38 bits per heavy atom. The van der Waals surface area contributed by atoms with Crippen molar-refractivity contribution in [1.29, 1.82) is 0 Å². The molecule has 0 N–H and O–H groups in total. The average molecular weight is 219 g/mol. The normalized spacial score (nSPS) is 18.8. The van der Waals surface area contributed by atoms with Crippen LogP contribution in [0.2, 0.25) is 0 Å². The topological polar surface area (TPSA) is 49.6 Å². The molecule has 1 fully saturated rings. The summed E-state index contributed by atoms with van der Waals surface area (Å²) in [5, 5.41) is 13.7. The minimum absolute atomic E-state index is 0.317. The highest BCUT2D eigenvalue weighted by Crippen LogP contribution is 2.36. The molecule has 0 saturated heterocycles. The van der Waals surface area contributed by atoms with Gasteiger partial charge < -0.3 is 0 Å². The molecule has 1 aromatic carbocycles. The van der Waals surface area contributed by atoms with Crippen molar-refractivity contribution in [3.05, 3.63) is 39.9 Å². The molecular formula is C11H13N3O2. The number of anilines is 1. The third-order valence-electron chi connectivity index (χ3n) is 3.18. The van der Waals surface area contributed by atoms with Gasteiger partial charge in [-0.05, 0) is 29.9 Å². The lowest BCUT2D eigenvalue weighted by molar-refractivity contribution is -0.660. The van der Waals surface area contributed by atoms with E-state index >= 15 is 0 Å². The van der Waals surface area contributed by atoms with Gasteiger partial charge in [-0.25, -0.2) is 15.1 Å². The quantitative estimate of drug-likeness (QED) is 0.574. The molecule has 84 valence electrons. The number of rotatable bonds is 3. The Kier molecular flexibility index (Phi) is 1.99. The van der Waals surface area contributed by atoms with Gasteiger partial charge in [0.1, 0.15) is 6.54 Å². The third-order valence-corrected chi connectivity index (χ3v) is 3.18. The third kappa shape index (κ3) is 1.48. The minimum Gasteiger partial charge on any atom is -0.233 e. The number of nitrogens with zero attached hydrogens (tertiary/aromatic N) is 3.